The lowest BCUT2D eigenvalue weighted by Crippen LogP contribution is -2.46. The Kier molecular flexibility index (Phi) is 3.77. The highest BCUT2D eigenvalue weighted by molar-refractivity contribution is 6.39. The number of ketones is 1. The molecule has 2 aliphatic rings. The van der Waals surface area contributed by atoms with Crippen LogP contribution in [-0.4, -0.2) is 23.6 Å². The minimum Gasteiger partial charge on any atom is -0.293 e. The normalized spacial score (nSPS) is 19.1. The molecule has 2 aromatic rings. The molecule has 26 heavy (non-hydrogen) atoms. The van der Waals surface area contributed by atoms with Gasteiger partial charge in [0, 0.05) is 6.92 Å². The molecule has 1 saturated heterocycles. The fourth-order valence-corrected chi connectivity index (χ4v) is 3.46. The van der Waals surface area contributed by atoms with E-state index in [1.54, 1.807) is 41.4 Å². The Hall–Kier alpha value is -3.12. The second-order valence-electron chi connectivity index (χ2n) is 5.99. The SMILES string of the molecule is CC(=O)C1=C2C(=O)N(c3ccccc3Cl)C(=O)C2N(c2ccccc2)N1. The van der Waals surface area contributed by atoms with E-state index < -0.39 is 17.9 Å². The van der Waals surface area contributed by atoms with E-state index in [0.717, 1.165) is 4.90 Å². The number of hydrogen-bond acceptors (Lipinski definition) is 5. The first-order valence-electron chi connectivity index (χ1n) is 7.99. The van der Waals surface area contributed by atoms with Crippen LogP contribution in [0.3, 0.4) is 0 Å². The van der Waals surface area contributed by atoms with Crippen molar-refractivity contribution in [3.63, 3.8) is 0 Å². The Bertz CT molecular complexity index is 971. The molecule has 0 spiro atoms. The average Bonchev–Trinajstić information content (AvgIpc) is 3.15. The van der Waals surface area contributed by atoms with Crippen molar-refractivity contribution >= 4 is 40.6 Å². The Morgan fingerprint density at radius 2 is 1.69 bits per heavy atom. The number of hydrazine groups is 1. The van der Waals surface area contributed by atoms with E-state index >= 15 is 0 Å². The molecule has 0 aliphatic carbocycles. The van der Waals surface area contributed by atoms with Gasteiger partial charge >= 0.3 is 0 Å². The number of nitrogens with one attached hydrogen (secondary N) is 1. The summed E-state index contributed by atoms with van der Waals surface area (Å²) in [6, 6.07) is 14.8. The number of amides is 2. The minimum absolute atomic E-state index is 0.131. The van der Waals surface area contributed by atoms with Gasteiger partial charge in [-0.3, -0.25) is 24.8 Å². The van der Waals surface area contributed by atoms with Gasteiger partial charge in [0.2, 0.25) is 0 Å². The summed E-state index contributed by atoms with van der Waals surface area (Å²) in [5.41, 5.74) is 4.18. The summed E-state index contributed by atoms with van der Waals surface area (Å²) >= 11 is 6.19. The van der Waals surface area contributed by atoms with E-state index in [0.29, 0.717) is 16.4 Å². The van der Waals surface area contributed by atoms with Crippen molar-refractivity contribution in [3.8, 4) is 0 Å². The maximum atomic E-state index is 13.1. The predicted octanol–water partition coefficient (Wildman–Crippen LogP) is 2.45. The van der Waals surface area contributed by atoms with Crippen LogP contribution in [0, 0.1) is 0 Å². The van der Waals surface area contributed by atoms with Crippen LogP contribution in [0.2, 0.25) is 5.02 Å². The molecule has 130 valence electrons. The first-order chi connectivity index (χ1) is 12.5. The molecule has 7 heteroatoms. The van der Waals surface area contributed by atoms with Crippen LogP contribution >= 0.6 is 11.6 Å². The van der Waals surface area contributed by atoms with Gasteiger partial charge in [-0.05, 0) is 24.3 Å². The van der Waals surface area contributed by atoms with Crippen molar-refractivity contribution in [1.29, 1.82) is 0 Å². The highest BCUT2D eigenvalue weighted by atomic mass is 35.5. The van der Waals surface area contributed by atoms with Crippen molar-refractivity contribution < 1.29 is 14.4 Å². The van der Waals surface area contributed by atoms with Crippen molar-refractivity contribution in [2.75, 3.05) is 9.91 Å². The van der Waals surface area contributed by atoms with Crippen LogP contribution in [0.25, 0.3) is 0 Å². The lowest BCUT2D eigenvalue weighted by Gasteiger charge is -2.26. The lowest BCUT2D eigenvalue weighted by molar-refractivity contribution is -0.121. The second-order valence-corrected chi connectivity index (χ2v) is 6.40. The van der Waals surface area contributed by atoms with Crippen LogP contribution in [0.15, 0.2) is 65.9 Å². The average molecular weight is 368 g/mol. The van der Waals surface area contributed by atoms with E-state index in [4.69, 9.17) is 11.6 Å². The van der Waals surface area contributed by atoms with Crippen LogP contribution in [0.4, 0.5) is 11.4 Å². The van der Waals surface area contributed by atoms with E-state index in [9.17, 15) is 14.4 Å². The minimum atomic E-state index is -0.917. The number of fused-ring (bicyclic) bond motifs is 1. The summed E-state index contributed by atoms with van der Waals surface area (Å²) in [4.78, 5) is 39.2. The van der Waals surface area contributed by atoms with Crippen LogP contribution < -0.4 is 15.3 Å². The molecule has 4 rings (SSSR count). The summed E-state index contributed by atoms with van der Waals surface area (Å²) in [5, 5.41) is 1.83. The van der Waals surface area contributed by atoms with Crippen molar-refractivity contribution in [2.45, 2.75) is 13.0 Å². The van der Waals surface area contributed by atoms with Crippen molar-refractivity contribution in [2.24, 2.45) is 0 Å². The number of allylic oxidation sites excluding steroid dienone is 1. The van der Waals surface area contributed by atoms with E-state index in [1.807, 2.05) is 18.2 Å². The summed E-state index contributed by atoms with van der Waals surface area (Å²) in [7, 11) is 0. The summed E-state index contributed by atoms with van der Waals surface area (Å²) < 4.78 is 0. The van der Waals surface area contributed by atoms with Crippen molar-refractivity contribution in [1.82, 2.24) is 5.43 Å². The van der Waals surface area contributed by atoms with Gasteiger partial charge in [-0.25, -0.2) is 4.90 Å². The molecule has 1 atom stereocenters. The molecule has 0 bridgehead atoms. The van der Waals surface area contributed by atoms with E-state index in [1.165, 1.54) is 6.92 Å². The molecule has 2 aromatic carbocycles. The van der Waals surface area contributed by atoms with Gasteiger partial charge < -0.3 is 0 Å². The van der Waals surface area contributed by atoms with Crippen molar-refractivity contribution in [3.05, 3.63) is 70.9 Å². The molecule has 1 N–H and O–H groups in total. The molecule has 1 fully saturated rings. The van der Waals surface area contributed by atoms with Crippen LogP contribution in [0.1, 0.15) is 6.92 Å². The maximum absolute atomic E-state index is 13.1. The quantitative estimate of drug-likeness (QED) is 0.844. The zero-order valence-corrected chi connectivity index (χ0v) is 14.5. The molecule has 0 aromatic heterocycles. The topological polar surface area (TPSA) is 69.7 Å². The number of imide groups is 1. The van der Waals surface area contributed by atoms with E-state index in [2.05, 4.69) is 5.43 Å². The van der Waals surface area contributed by atoms with E-state index in [-0.39, 0.29) is 17.1 Å². The number of Topliss-reactive ketones (excluding diaryl/α,β-unsaturated/α-hetero) is 1. The first-order valence-corrected chi connectivity index (χ1v) is 8.37. The van der Waals surface area contributed by atoms with Crippen LogP contribution in [0.5, 0.6) is 0 Å². The fourth-order valence-electron chi connectivity index (χ4n) is 3.24. The molecule has 2 amide bonds. The van der Waals surface area contributed by atoms with Gasteiger partial charge in [-0.2, -0.15) is 0 Å². The van der Waals surface area contributed by atoms with Gasteiger partial charge in [0.15, 0.2) is 11.8 Å². The number of carbonyl (C=O) groups excluding carboxylic acids is 3. The Labute approximate surface area is 154 Å². The number of carbonyl (C=O) groups is 3. The second kappa shape index (κ2) is 6.00. The number of benzene rings is 2. The van der Waals surface area contributed by atoms with Gasteiger partial charge in [0.05, 0.1) is 22.0 Å². The molecule has 1 unspecified atom stereocenters. The highest BCUT2D eigenvalue weighted by Gasteiger charge is 2.53. The van der Waals surface area contributed by atoms with Gasteiger partial charge in [-0.1, -0.05) is 41.9 Å². The third-order valence-corrected chi connectivity index (χ3v) is 4.72. The standard InChI is InChI=1S/C19H14ClN3O3/c1-11(24)16-15-17(23(21-16)12-7-3-2-4-8-12)19(26)22(18(15)25)14-10-6-5-9-13(14)20/h2-10,17,21H,1H3. The summed E-state index contributed by atoms with van der Waals surface area (Å²) in [6.45, 7) is 1.36. The number of anilines is 2. The number of hydrogen-bond donors (Lipinski definition) is 1. The molecule has 0 radical (unpaired) electrons. The fraction of sp³-hybridized carbons (Fsp3) is 0.105. The number of nitrogens with zero attached hydrogens (tertiary/aromatic N) is 2. The molecular formula is C19H14ClN3O3. The molecule has 2 aliphatic heterocycles. The zero-order chi connectivity index (χ0) is 18.4. The molecule has 6 nitrogen and oxygen atoms in total. The van der Waals surface area contributed by atoms with Gasteiger partial charge in [-0.15, -0.1) is 0 Å². The maximum Gasteiger partial charge on any atom is 0.266 e. The molecule has 0 saturated carbocycles. The molecular weight excluding hydrogens is 354 g/mol. The smallest absolute Gasteiger partial charge is 0.266 e. The van der Waals surface area contributed by atoms with Crippen LogP contribution in [-0.2, 0) is 14.4 Å². The Balaban J connectivity index is 1.85. The number of rotatable bonds is 3. The third kappa shape index (κ3) is 2.30. The Morgan fingerprint density at radius 3 is 2.35 bits per heavy atom. The largest absolute Gasteiger partial charge is 0.293 e. The highest BCUT2D eigenvalue weighted by Crippen LogP contribution is 2.38. The summed E-state index contributed by atoms with van der Waals surface area (Å²) in [5.74, 6) is -1.31. The third-order valence-electron chi connectivity index (χ3n) is 4.40. The monoisotopic (exact) mass is 367 g/mol. The van der Waals surface area contributed by atoms with Gasteiger partial charge in [0.25, 0.3) is 11.8 Å². The number of halogens is 1. The van der Waals surface area contributed by atoms with Gasteiger partial charge in [0.1, 0.15) is 5.70 Å². The number of para-hydroxylation sites is 2. The predicted molar refractivity (Wildman–Crippen MR) is 97.5 cm³/mol. The molecule has 2 heterocycles. The lowest BCUT2D eigenvalue weighted by atomic mass is 10.1. The summed E-state index contributed by atoms with van der Waals surface area (Å²) in [6.07, 6.45) is 0. The zero-order valence-electron chi connectivity index (χ0n) is 13.8. The first kappa shape index (κ1) is 16.4. The Morgan fingerprint density at radius 1 is 1.04 bits per heavy atom.